The molecule has 0 radical (unpaired) electrons. The summed E-state index contributed by atoms with van der Waals surface area (Å²) in [5, 5.41) is 2.16. The Morgan fingerprint density at radius 3 is 2.08 bits per heavy atom. The van der Waals surface area contributed by atoms with Crippen molar-refractivity contribution in [2.45, 2.75) is 65.2 Å². The Bertz CT molecular complexity index is 612. The zero-order valence-corrected chi connectivity index (χ0v) is 15.3. The van der Waals surface area contributed by atoms with E-state index in [2.05, 4.69) is 5.32 Å². The van der Waals surface area contributed by atoms with E-state index in [1.54, 1.807) is 41.5 Å². The first kappa shape index (κ1) is 20.5. The molecule has 0 aromatic rings. The van der Waals surface area contributed by atoms with Crippen molar-refractivity contribution < 1.29 is 28.7 Å². The van der Waals surface area contributed by atoms with Crippen molar-refractivity contribution in [2.75, 3.05) is 0 Å². The van der Waals surface area contributed by atoms with Crippen LogP contribution in [-0.4, -0.2) is 46.1 Å². The first-order valence-corrected chi connectivity index (χ1v) is 7.75. The van der Waals surface area contributed by atoms with Crippen molar-refractivity contribution in [1.29, 1.82) is 0 Å². The Balaban J connectivity index is 3.13. The van der Waals surface area contributed by atoms with Gasteiger partial charge < -0.3 is 20.5 Å². The van der Waals surface area contributed by atoms with Crippen molar-refractivity contribution in [1.82, 2.24) is 10.2 Å². The molecule has 0 aromatic carbocycles. The quantitative estimate of drug-likeness (QED) is 0.569. The fourth-order valence-electron chi connectivity index (χ4n) is 2.04. The number of hydrogen-bond acceptors (Lipinski definition) is 6. The summed E-state index contributed by atoms with van der Waals surface area (Å²) in [6, 6.07) is -2.05. The van der Waals surface area contributed by atoms with Gasteiger partial charge in [0.25, 0.3) is 5.91 Å². The standard InChI is InChI=1S/C16H25N3O6/c1-15(2,3)24-12(21)10-7-9(8-18-13(17)22)11(20)19(10)14(23)25-16(4,5)6/h8,10H,7H2,1-6H3,(H3,17,18,22)/b9-8+/t10-/m0/s1. The van der Waals surface area contributed by atoms with Crippen molar-refractivity contribution >= 4 is 24.0 Å². The van der Waals surface area contributed by atoms with E-state index in [-0.39, 0.29) is 12.0 Å². The molecule has 0 bridgehead atoms. The number of nitrogens with zero attached hydrogens (tertiary/aromatic N) is 1. The van der Waals surface area contributed by atoms with E-state index in [1.807, 2.05) is 0 Å². The van der Waals surface area contributed by atoms with Gasteiger partial charge in [0.1, 0.15) is 17.2 Å². The van der Waals surface area contributed by atoms with E-state index >= 15 is 0 Å². The number of imide groups is 1. The van der Waals surface area contributed by atoms with Crippen LogP contribution in [0, 0.1) is 0 Å². The predicted molar refractivity (Wildman–Crippen MR) is 88.1 cm³/mol. The number of primary amides is 1. The molecule has 1 saturated heterocycles. The Hall–Kier alpha value is -2.58. The van der Waals surface area contributed by atoms with E-state index in [9.17, 15) is 19.2 Å². The smallest absolute Gasteiger partial charge is 0.418 e. The highest BCUT2D eigenvalue weighted by Crippen LogP contribution is 2.28. The van der Waals surface area contributed by atoms with Gasteiger partial charge in [-0.15, -0.1) is 0 Å². The lowest BCUT2D eigenvalue weighted by Crippen LogP contribution is -2.47. The van der Waals surface area contributed by atoms with Crippen molar-refractivity contribution in [2.24, 2.45) is 5.73 Å². The zero-order valence-electron chi connectivity index (χ0n) is 15.3. The third-order valence-corrected chi connectivity index (χ3v) is 2.88. The molecule has 0 spiro atoms. The van der Waals surface area contributed by atoms with Gasteiger partial charge in [-0.25, -0.2) is 19.3 Å². The molecule has 3 N–H and O–H groups in total. The average molecular weight is 355 g/mol. The molecule has 1 aliphatic rings. The molecular formula is C16H25N3O6. The van der Waals surface area contributed by atoms with Crippen LogP contribution in [-0.2, 0) is 19.1 Å². The number of rotatable bonds is 2. The van der Waals surface area contributed by atoms with Gasteiger partial charge in [-0.05, 0) is 41.5 Å². The lowest BCUT2D eigenvalue weighted by Gasteiger charge is -2.28. The Labute approximate surface area is 146 Å². The van der Waals surface area contributed by atoms with Crippen LogP contribution in [0.4, 0.5) is 9.59 Å². The van der Waals surface area contributed by atoms with Gasteiger partial charge in [-0.1, -0.05) is 0 Å². The van der Waals surface area contributed by atoms with Gasteiger partial charge in [0.05, 0.1) is 0 Å². The maximum absolute atomic E-state index is 12.5. The van der Waals surface area contributed by atoms with Gasteiger partial charge in [0.2, 0.25) is 0 Å². The molecule has 140 valence electrons. The maximum atomic E-state index is 12.5. The van der Waals surface area contributed by atoms with Crippen molar-refractivity contribution in [3.63, 3.8) is 0 Å². The molecule has 9 nitrogen and oxygen atoms in total. The van der Waals surface area contributed by atoms with Gasteiger partial charge in [0.15, 0.2) is 0 Å². The summed E-state index contributed by atoms with van der Waals surface area (Å²) in [7, 11) is 0. The highest BCUT2D eigenvalue weighted by Gasteiger charge is 2.47. The molecule has 25 heavy (non-hydrogen) atoms. The minimum atomic E-state index is -1.18. The minimum absolute atomic E-state index is 0.0421. The fraction of sp³-hybridized carbons (Fsp3) is 0.625. The molecular weight excluding hydrogens is 330 g/mol. The van der Waals surface area contributed by atoms with Crippen LogP contribution in [0.2, 0.25) is 0 Å². The lowest BCUT2D eigenvalue weighted by molar-refractivity contribution is -0.161. The predicted octanol–water partition coefficient (Wildman–Crippen LogP) is 1.42. The topological polar surface area (TPSA) is 128 Å². The van der Waals surface area contributed by atoms with Crippen LogP contribution in [0.25, 0.3) is 0 Å². The number of amides is 4. The molecule has 1 aliphatic heterocycles. The number of carbonyl (C=O) groups excluding carboxylic acids is 4. The Morgan fingerprint density at radius 2 is 1.64 bits per heavy atom. The van der Waals surface area contributed by atoms with Crippen LogP contribution in [0.5, 0.6) is 0 Å². The molecule has 9 heteroatoms. The van der Waals surface area contributed by atoms with E-state index in [4.69, 9.17) is 15.2 Å². The van der Waals surface area contributed by atoms with E-state index in [0.717, 1.165) is 6.20 Å². The summed E-state index contributed by atoms with van der Waals surface area (Å²) >= 11 is 0. The molecule has 4 amide bonds. The Morgan fingerprint density at radius 1 is 1.12 bits per heavy atom. The summed E-state index contributed by atoms with van der Waals surface area (Å²) in [5.41, 5.74) is 3.36. The molecule has 1 fully saturated rings. The number of likely N-dealkylation sites (tertiary alicyclic amines) is 1. The summed E-state index contributed by atoms with van der Waals surface area (Å²) < 4.78 is 10.5. The second-order valence-corrected chi connectivity index (χ2v) is 7.59. The summed E-state index contributed by atoms with van der Waals surface area (Å²) in [6.07, 6.45) is -0.00418. The molecule has 0 saturated carbocycles. The normalized spacial score (nSPS) is 19.8. The molecule has 0 aliphatic carbocycles. The number of hydrogen-bond donors (Lipinski definition) is 2. The number of esters is 1. The third-order valence-electron chi connectivity index (χ3n) is 2.88. The van der Waals surface area contributed by atoms with Crippen LogP contribution < -0.4 is 11.1 Å². The van der Waals surface area contributed by atoms with Gasteiger partial charge in [-0.3, -0.25) is 4.79 Å². The second kappa shape index (κ2) is 7.12. The molecule has 0 aromatic heterocycles. The van der Waals surface area contributed by atoms with E-state index in [0.29, 0.717) is 4.90 Å². The van der Waals surface area contributed by atoms with Gasteiger partial charge in [0, 0.05) is 18.2 Å². The summed E-state index contributed by atoms with van der Waals surface area (Å²) in [5.74, 6) is -1.49. The SMILES string of the molecule is CC(C)(C)OC(=O)[C@@H]1C/C(=C\NC(N)=O)C(=O)N1C(=O)OC(C)(C)C. The number of ether oxygens (including phenoxy) is 2. The lowest BCUT2D eigenvalue weighted by atomic mass is 10.1. The van der Waals surface area contributed by atoms with Crippen LogP contribution in [0.15, 0.2) is 11.8 Å². The number of carbonyl (C=O) groups is 4. The molecule has 1 atom stereocenters. The largest absolute Gasteiger partial charge is 0.458 e. The fourth-order valence-corrected chi connectivity index (χ4v) is 2.04. The highest BCUT2D eigenvalue weighted by molar-refractivity contribution is 6.09. The van der Waals surface area contributed by atoms with Crippen LogP contribution in [0.1, 0.15) is 48.0 Å². The van der Waals surface area contributed by atoms with E-state index in [1.165, 1.54) is 0 Å². The van der Waals surface area contributed by atoms with Crippen LogP contribution >= 0.6 is 0 Å². The molecule has 0 unspecified atom stereocenters. The number of nitrogens with one attached hydrogen (secondary N) is 1. The monoisotopic (exact) mass is 355 g/mol. The first-order valence-electron chi connectivity index (χ1n) is 7.75. The van der Waals surface area contributed by atoms with Crippen molar-refractivity contribution in [3.8, 4) is 0 Å². The Kier molecular flexibility index (Phi) is 5.83. The van der Waals surface area contributed by atoms with Gasteiger partial charge >= 0.3 is 18.1 Å². The van der Waals surface area contributed by atoms with Crippen molar-refractivity contribution in [3.05, 3.63) is 11.8 Å². The summed E-state index contributed by atoms with van der Waals surface area (Å²) in [6.45, 7) is 9.93. The van der Waals surface area contributed by atoms with Gasteiger partial charge in [-0.2, -0.15) is 0 Å². The zero-order chi connectivity index (χ0) is 19.6. The second-order valence-electron chi connectivity index (χ2n) is 7.59. The summed E-state index contributed by atoms with van der Waals surface area (Å²) in [4.78, 5) is 48.8. The third kappa shape index (κ3) is 6.09. The maximum Gasteiger partial charge on any atom is 0.418 e. The van der Waals surface area contributed by atoms with E-state index < -0.39 is 41.2 Å². The minimum Gasteiger partial charge on any atom is -0.458 e. The average Bonchev–Trinajstić information content (AvgIpc) is 2.69. The number of nitrogens with two attached hydrogens (primary N) is 1. The molecule has 1 heterocycles. The first-order chi connectivity index (χ1) is 11.2. The number of urea groups is 1. The molecule has 1 rings (SSSR count). The van der Waals surface area contributed by atoms with Crippen LogP contribution in [0.3, 0.4) is 0 Å². The highest BCUT2D eigenvalue weighted by atomic mass is 16.6.